The highest BCUT2D eigenvalue weighted by Crippen LogP contribution is 2.36. The van der Waals surface area contributed by atoms with Crippen molar-refractivity contribution in [3.05, 3.63) is 27.8 Å². The first-order valence-electron chi connectivity index (χ1n) is 7.69. The van der Waals surface area contributed by atoms with Crippen LogP contribution < -0.4 is 9.47 Å². The minimum Gasteiger partial charge on any atom is -0.493 e. The van der Waals surface area contributed by atoms with Crippen LogP contribution in [0.1, 0.15) is 12.5 Å². The van der Waals surface area contributed by atoms with Crippen molar-refractivity contribution in [3.8, 4) is 11.5 Å². The highest BCUT2D eigenvalue weighted by molar-refractivity contribution is 5.54. The Morgan fingerprint density at radius 2 is 1.83 bits per heavy atom. The van der Waals surface area contributed by atoms with Crippen molar-refractivity contribution in [2.75, 3.05) is 39.8 Å². The monoisotopic (exact) mass is 345 g/mol. The topological polar surface area (TPSA) is 68.1 Å². The molecule has 1 aliphatic heterocycles. The molecular weight excluding hydrogens is 324 g/mol. The summed E-state index contributed by atoms with van der Waals surface area (Å²) < 4.78 is 34.3. The van der Waals surface area contributed by atoms with E-state index in [-0.39, 0.29) is 17.2 Å². The lowest BCUT2D eigenvalue weighted by Crippen LogP contribution is -2.45. The molecule has 1 saturated heterocycles. The van der Waals surface area contributed by atoms with Crippen LogP contribution in [-0.2, 0) is 6.54 Å². The fourth-order valence-electron chi connectivity index (χ4n) is 2.74. The second kappa shape index (κ2) is 8.20. The molecule has 0 aliphatic carbocycles. The number of hydrogen-bond donors (Lipinski definition) is 0. The summed E-state index contributed by atoms with van der Waals surface area (Å²) >= 11 is 0. The van der Waals surface area contributed by atoms with Gasteiger partial charge in [-0.3, -0.25) is 15.0 Å². The summed E-state index contributed by atoms with van der Waals surface area (Å²) in [5, 5.41) is 11.3. The first-order valence-corrected chi connectivity index (χ1v) is 7.69. The minimum absolute atomic E-state index is 0.0584. The number of nitrogens with zero attached hydrogens (tertiary/aromatic N) is 3. The maximum Gasteiger partial charge on any atom is 0.387 e. The molecule has 1 aromatic rings. The molecule has 0 unspecified atom stereocenters. The average molecular weight is 345 g/mol. The minimum atomic E-state index is -3.08. The van der Waals surface area contributed by atoms with Crippen molar-refractivity contribution in [2.45, 2.75) is 20.1 Å². The standard InChI is InChI=1S/C15H21F2N3O4/c1-3-18-4-6-19(7-5-18)10-11-8-13(23-2)14(24-15(16)17)9-12(11)20(21)22/h8-9,15H,3-7,10H2,1-2H3. The van der Waals surface area contributed by atoms with Crippen molar-refractivity contribution in [2.24, 2.45) is 0 Å². The highest BCUT2D eigenvalue weighted by Gasteiger charge is 2.24. The van der Waals surface area contributed by atoms with Gasteiger partial charge in [-0.25, -0.2) is 0 Å². The molecule has 0 radical (unpaired) electrons. The van der Waals surface area contributed by atoms with E-state index in [1.807, 2.05) is 0 Å². The van der Waals surface area contributed by atoms with E-state index >= 15 is 0 Å². The first kappa shape index (κ1) is 18.3. The van der Waals surface area contributed by atoms with Crippen molar-refractivity contribution >= 4 is 5.69 Å². The fraction of sp³-hybridized carbons (Fsp3) is 0.600. The molecule has 0 spiro atoms. The molecule has 9 heteroatoms. The molecule has 24 heavy (non-hydrogen) atoms. The molecule has 1 heterocycles. The Hall–Kier alpha value is -2.00. The average Bonchev–Trinajstić information content (AvgIpc) is 2.55. The molecule has 2 rings (SSSR count). The van der Waals surface area contributed by atoms with Gasteiger partial charge in [0.1, 0.15) is 0 Å². The summed E-state index contributed by atoms with van der Waals surface area (Å²) in [5.74, 6) is -0.276. The molecule has 7 nitrogen and oxygen atoms in total. The van der Waals surface area contributed by atoms with Gasteiger partial charge in [-0.1, -0.05) is 6.92 Å². The van der Waals surface area contributed by atoms with E-state index in [1.54, 1.807) is 0 Å². The van der Waals surface area contributed by atoms with Gasteiger partial charge in [-0.05, 0) is 12.6 Å². The fourth-order valence-corrected chi connectivity index (χ4v) is 2.74. The third-order valence-electron chi connectivity index (χ3n) is 4.08. The summed E-state index contributed by atoms with van der Waals surface area (Å²) in [6, 6.07) is 2.41. The van der Waals surface area contributed by atoms with Gasteiger partial charge < -0.3 is 14.4 Å². The lowest BCUT2D eigenvalue weighted by Gasteiger charge is -2.33. The molecule has 0 N–H and O–H groups in total. The van der Waals surface area contributed by atoms with Crippen LogP contribution in [0.2, 0.25) is 0 Å². The molecule has 1 aliphatic rings. The van der Waals surface area contributed by atoms with Gasteiger partial charge >= 0.3 is 6.61 Å². The van der Waals surface area contributed by atoms with E-state index in [4.69, 9.17) is 4.74 Å². The zero-order valence-corrected chi connectivity index (χ0v) is 13.7. The van der Waals surface area contributed by atoms with Crippen molar-refractivity contribution in [1.82, 2.24) is 9.80 Å². The summed E-state index contributed by atoms with van der Waals surface area (Å²) in [7, 11) is 1.31. The third kappa shape index (κ3) is 4.51. The number of hydrogen-bond acceptors (Lipinski definition) is 6. The zero-order chi connectivity index (χ0) is 17.7. The van der Waals surface area contributed by atoms with Crippen LogP contribution in [0.25, 0.3) is 0 Å². The van der Waals surface area contributed by atoms with E-state index in [0.29, 0.717) is 12.1 Å². The summed E-state index contributed by atoms with van der Waals surface area (Å²) in [4.78, 5) is 15.1. The maximum atomic E-state index is 12.5. The van der Waals surface area contributed by atoms with Gasteiger partial charge in [0.15, 0.2) is 11.5 Å². The number of benzene rings is 1. The van der Waals surface area contributed by atoms with Gasteiger partial charge in [0.05, 0.1) is 18.1 Å². The molecule has 1 aromatic carbocycles. The second-order valence-electron chi connectivity index (χ2n) is 5.48. The number of halogens is 2. The van der Waals surface area contributed by atoms with Gasteiger partial charge in [-0.15, -0.1) is 0 Å². The summed E-state index contributed by atoms with van der Waals surface area (Å²) in [6.07, 6.45) is 0. The number of likely N-dealkylation sites (N-methyl/N-ethyl adjacent to an activating group) is 1. The van der Waals surface area contributed by atoms with E-state index in [1.165, 1.54) is 13.2 Å². The van der Waals surface area contributed by atoms with Crippen molar-refractivity contribution < 1.29 is 23.2 Å². The zero-order valence-electron chi connectivity index (χ0n) is 13.7. The number of nitro benzene ring substituents is 1. The Morgan fingerprint density at radius 1 is 1.21 bits per heavy atom. The Bertz CT molecular complexity index is 578. The van der Waals surface area contributed by atoms with E-state index in [9.17, 15) is 18.9 Å². The number of ether oxygens (including phenoxy) is 2. The van der Waals surface area contributed by atoms with Crippen LogP contribution in [0.4, 0.5) is 14.5 Å². The quantitative estimate of drug-likeness (QED) is 0.558. The number of piperazine rings is 1. The summed E-state index contributed by atoms with van der Waals surface area (Å²) in [6.45, 7) is 3.73. The maximum absolute atomic E-state index is 12.5. The predicted octanol–water partition coefficient (Wildman–Crippen LogP) is 2.34. The van der Waals surface area contributed by atoms with E-state index < -0.39 is 11.5 Å². The molecule has 0 bridgehead atoms. The molecule has 134 valence electrons. The molecule has 0 saturated carbocycles. The summed E-state index contributed by atoms with van der Waals surface area (Å²) in [5.41, 5.74) is 0.174. The van der Waals surface area contributed by atoms with Gasteiger partial charge in [-0.2, -0.15) is 8.78 Å². The number of methoxy groups -OCH3 is 1. The van der Waals surface area contributed by atoms with Crippen molar-refractivity contribution in [3.63, 3.8) is 0 Å². The highest BCUT2D eigenvalue weighted by atomic mass is 19.3. The lowest BCUT2D eigenvalue weighted by molar-refractivity contribution is -0.385. The third-order valence-corrected chi connectivity index (χ3v) is 4.08. The Morgan fingerprint density at radius 3 is 2.33 bits per heavy atom. The first-order chi connectivity index (χ1) is 11.4. The van der Waals surface area contributed by atoms with Crippen LogP contribution in [0.15, 0.2) is 12.1 Å². The van der Waals surface area contributed by atoms with Crippen LogP contribution in [0.3, 0.4) is 0 Å². The SMILES string of the molecule is CCN1CCN(Cc2cc(OC)c(OC(F)F)cc2[N+](=O)[O-])CC1. The largest absolute Gasteiger partial charge is 0.493 e. The van der Waals surface area contributed by atoms with E-state index in [0.717, 1.165) is 38.8 Å². The van der Waals surface area contributed by atoms with Crippen LogP contribution in [0.5, 0.6) is 11.5 Å². The number of alkyl halides is 2. The molecule has 1 fully saturated rings. The smallest absolute Gasteiger partial charge is 0.387 e. The Balaban J connectivity index is 2.23. The van der Waals surface area contributed by atoms with Crippen LogP contribution >= 0.6 is 0 Å². The van der Waals surface area contributed by atoms with Gasteiger partial charge in [0.2, 0.25) is 0 Å². The predicted molar refractivity (Wildman–Crippen MR) is 83.7 cm³/mol. The van der Waals surface area contributed by atoms with Crippen LogP contribution in [-0.4, -0.2) is 61.2 Å². The molecule has 0 amide bonds. The normalized spacial score (nSPS) is 16.4. The number of nitro groups is 1. The number of rotatable bonds is 7. The van der Waals surface area contributed by atoms with Crippen LogP contribution in [0, 0.1) is 10.1 Å². The Labute approximate surface area is 138 Å². The second-order valence-corrected chi connectivity index (χ2v) is 5.48. The van der Waals surface area contributed by atoms with Gasteiger partial charge in [0.25, 0.3) is 5.69 Å². The molecule has 0 aromatic heterocycles. The molecular formula is C15H21F2N3O4. The van der Waals surface area contributed by atoms with Gasteiger partial charge in [0, 0.05) is 38.3 Å². The van der Waals surface area contributed by atoms with Crippen molar-refractivity contribution in [1.29, 1.82) is 0 Å². The lowest BCUT2D eigenvalue weighted by atomic mass is 10.1. The van der Waals surface area contributed by atoms with E-state index in [2.05, 4.69) is 21.5 Å². The molecule has 0 atom stereocenters. The Kier molecular flexibility index (Phi) is 6.27.